The average molecular weight is 318 g/mol. The van der Waals surface area contributed by atoms with Crippen LogP contribution < -0.4 is 0 Å². The van der Waals surface area contributed by atoms with E-state index in [0.717, 1.165) is 10.9 Å². The number of hydrogen-bond acceptors (Lipinski definition) is 2. The highest BCUT2D eigenvalue weighted by molar-refractivity contribution is 6.63. The van der Waals surface area contributed by atoms with Crippen LogP contribution in [0.5, 0.6) is 0 Å². The normalized spacial score (nSPS) is 10.1. The van der Waals surface area contributed by atoms with E-state index in [-0.39, 0.29) is 5.28 Å². The first kappa shape index (κ1) is 14.1. The number of rotatable bonds is 0. The molecule has 0 radical (unpaired) electrons. The highest BCUT2D eigenvalue weighted by Gasteiger charge is 2.01. The van der Waals surface area contributed by atoms with E-state index in [2.05, 4.69) is 9.97 Å². The third-order valence-corrected chi connectivity index (χ3v) is 1.99. The van der Waals surface area contributed by atoms with Crippen LogP contribution in [-0.2, 0) is 0 Å². The zero-order chi connectivity index (χ0) is 12.1. The zero-order valence-electron chi connectivity index (χ0n) is 7.67. The zero-order valence-corrected chi connectivity index (χ0v) is 11.5. The molecule has 0 amide bonds. The van der Waals surface area contributed by atoms with E-state index in [4.69, 9.17) is 58.0 Å². The Balaban J connectivity index is 0.000000280. The maximum Gasteiger partial charge on any atom is 0.224 e. The molecule has 16 heavy (non-hydrogen) atoms. The summed E-state index contributed by atoms with van der Waals surface area (Å²) in [6, 6.07) is 7.45. The van der Waals surface area contributed by atoms with Gasteiger partial charge >= 0.3 is 0 Å². The van der Waals surface area contributed by atoms with Gasteiger partial charge in [-0.1, -0.05) is 58.5 Å². The van der Waals surface area contributed by atoms with Crippen molar-refractivity contribution >= 4 is 68.9 Å². The van der Waals surface area contributed by atoms with E-state index in [9.17, 15) is 0 Å². The third kappa shape index (κ3) is 4.48. The van der Waals surface area contributed by atoms with Gasteiger partial charge in [0, 0.05) is 5.39 Å². The molecule has 0 saturated heterocycles. The quantitative estimate of drug-likeness (QED) is 0.391. The van der Waals surface area contributed by atoms with Gasteiger partial charge in [-0.2, -0.15) is 0 Å². The topological polar surface area (TPSA) is 25.8 Å². The van der Waals surface area contributed by atoms with Crippen molar-refractivity contribution in [2.45, 2.75) is 4.30 Å². The summed E-state index contributed by atoms with van der Waals surface area (Å²) in [6.45, 7) is 0. The van der Waals surface area contributed by atoms with Crippen LogP contribution in [0.25, 0.3) is 10.9 Å². The van der Waals surface area contributed by atoms with Gasteiger partial charge in [-0.25, -0.2) is 9.97 Å². The molecule has 2 rings (SSSR count). The number of alkyl halides is 3. The van der Waals surface area contributed by atoms with E-state index >= 15 is 0 Å². The molecule has 0 unspecified atom stereocenters. The SMILES string of the molecule is ClC(Cl)Cl.Clc1nc(Cl)c2ccccc2n1. The molecule has 0 N–H and O–H groups in total. The second-order valence-electron chi connectivity index (χ2n) is 2.55. The molecule has 86 valence electrons. The molecular formula is C9H5Cl5N2. The first-order valence-corrected chi connectivity index (χ1v) is 6.07. The minimum Gasteiger partial charge on any atom is -0.218 e. The Morgan fingerprint density at radius 2 is 1.50 bits per heavy atom. The first-order chi connectivity index (χ1) is 7.50. The van der Waals surface area contributed by atoms with Gasteiger partial charge in [-0.3, -0.25) is 0 Å². The lowest BCUT2D eigenvalue weighted by Crippen LogP contribution is -1.85. The van der Waals surface area contributed by atoms with Crippen LogP contribution in [-0.4, -0.2) is 14.3 Å². The maximum atomic E-state index is 5.83. The van der Waals surface area contributed by atoms with Crippen molar-refractivity contribution < 1.29 is 0 Å². The molecule has 0 saturated carbocycles. The highest BCUT2D eigenvalue weighted by Crippen LogP contribution is 2.20. The van der Waals surface area contributed by atoms with Crippen LogP contribution in [0.15, 0.2) is 24.3 Å². The smallest absolute Gasteiger partial charge is 0.218 e. The summed E-state index contributed by atoms with van der Waals surface area (Å²) in [5.41, 5.74) is 0.766. The molecule has 1 heterocycles. The summed E-state index contributed by atoms with van der Waals surface area (Å²) >= 11 is 25.9. The van der Waals surface area contributed by atoms with Crippen LogP contribution >= 0.6 is 58.0 Å². The number of fused-ring (bicyclic) bond motifs is 1. The molecular weight excluding hydrogens is 313 g/mol. The molecule has 0 aliphatic rings. The monoisotopic (exact) mass is 316 g/mol. The molecule has 1 aromatic carbocycles. The summed E-state index contributed by atoms with van der Waals surface area (Å²) in [4.78, 5) is 7.83. The van der Waals surface area contributed by atoms with E-state index in [1.54, 1.807) is 0 Å². The fraction of sp³-hybridized carbons (Fsp3) is 0.111. The summed E-state index contributed by atoms with van der Waals surface area (Å²) in [5, 5.41) is 1.40. The fourth-order valence-corrected chi connectivity index (χ4v) is 1.47. The highest BCUT2D eigenvalue weighted by atomic mass is 35.6. The van der Waals surface area contributed by atoms with Crippen molar-refractivity contribution in [1.29, 1.82) is 0 Å². The van der Waals surface area contributed by atoms with Crippen LogP contribution in [0, 0.1) is 0 Å². The van der Waals surface area contributed by atoms with Crippen LogP contribution in [0.1, 0.15) is 0 Å². The summed E-state index contributed by atoms with van der Waals surface area (Å²) in [7, 11) is 0. The molecule has 0 spiro atoms. The van der Waals surface area contributed by atoms with E-state index in [1.807, 2.05) is 24.3 Å². The minimum absolute atomic E-state index is 0.179. The summed E-state index contributed by atoms with van der Waals surface area (Å²) < 4.78 is -0.750. The lowest BCUT2D eigenvalue weighted by atomic mass is 10.2. The molecule has 0 atom stereocenters. The number of aromatic nitrogens is 2. The molecule has 2 nitrogen and oxygen atoms in total. The van der Waals surface area contributed by atoms with Crippen molar-refractivity contribution in [2.24, 2.45) is 0 Å². The number of halogens is 5. The van der Waals surface area contributed by atoms with Gasteiger partial charge < -0.3 is 0 Å². The Kier molecular flexibility index (Phi) is 5.87. The first-order valence-electron chi connectivity index (χ1n) is 4.00. The van der Waals surface area contributed by atoms with Crippen molar-refractivity contribution in [3.8, 4) is 0 Å². The van der Waals surface area contributed by atoms with Crippen molar-refractivity contribution in [3.05, 3.63) is 34.7 Å². The molecule has 2 aromatic rings. The van der Waals surface area contributed by atoms with Gasteiger partial charge in [0.1, 0.15) is 5.15 Å². The molecule has 0 aliphatic carbocycles. The van der Waals surface area contributed by atoms with Gasteiger partial charge in [0.15, 0.2) is 4.30 Å². The Hall–Kier alpha value is 0.01000. The predicted octanol–water partition coefficient (Wildman–Crippen LogP) is 4.92. The number of nitrogens with zero attached hydrogens (tertiary/aromatic N) is 2. The largest absolute Gasteiger partial charge is 0.224 e. The van der Waals surface area contributed by atoms with Gasteiger partial charge in [0.05, 0.1) is 5.52 Å². The molecule has 0 fully saturated rings. The number of para-hydroxylation sites is 1. The predicted molar refractivity (Wildman–Crippen MR) is 70.9 cm³/mol. The van der Waals surface area contributed by atoms with Crippen LogP contribution in [0.3, 0.4) is 0 Å². The maximum absolute atomic E-state index is 5.83. The average Bonchev–Trinajstić information content (AvgIpc) is 2.16. The van der Waals surface area contributed by atoms with Gasteiger partial charge in [0.2, 0.25) is 5.28 Å². The molecule has 1 aromatic heterocycles. The Bertz CT molecular complexity index is 472. The van der Waals surface area contributed by atoms with Crippen molar-refractivity contribution in [2.75, 3.05) is 0 Å². The summed E-state index contributed by atoms with van der Waals surface area (Å²) in [5.74, 6) is 0. The Morgan fingerprint density at radius 3 is 2.12 bits per heavy atom. The lowest BCUT2D eigenvalue weighted by molar-refractivity contribution is 1.22. The van der Waals surface area contributed by atoms with Crippen molar-refractivity contribution in [3.63, 3.8) is 0 Å². The Labute approximate surface area is 117 Å². The van der Waals surface area contributed by atoms with E-state index < -0.39 is 4.30 Å². The second-order valence-corrected chi connectivity index (χ2v) is 5.22. The van der Waals surface area contributed by atoms with Gasteiger partial charge in [-0.05, 0) is 23.7 Å². The number of hydrogen-bond donors (Lipinski definition) is 0. The van der Waals surface area contributed by atoms with Crippen molar-refractivity contribution in [1.82, 2.24) is 9.97 Å². The van der Waals surface area contributed by atoms with Gasteiger partial charge in [0.25, 0.3) is 0 Å². The molecule has 7 heteroatoms. The van der Waals surface area contributed by atoms with Crippen LogP contribution in [0.2, 0.25) is 10.4 Å². The molecule has 0 bridgehead atoms. The molecule has 0 aliphatic heterocycles. The summed E-state index contributed by atoms with van der Waals surface area (Å²) in [6.07, 6.45) is 0. The second kappa shape index (κ2) is 6.67. The van der Waals surface area contributed by atoms with E-state index in [0.29, 0.717) is 5.15 Å². The van der Waals surface area contributed by atoms with Crippen LogP contribution in [0.4, 0.5) is 0 Å². The van der Waals surface area contributed by atoms with E-state index in [1.165, 1.54) is 0 Å². The Morgan fingerprint density at radius 1 is 0.938 bits per heavy atom. The standard InChI is InChI=1S/C8H4Cl2N2.CHCl3/c9-7-5-3-1-2-4-6(5)11-8(10)12-7;2-1(3)4/h1-4H;1H. The minimum atomic E-state index is -0.750. The fourth-order valence-electron chi connectivity index (χ4n) is 1.01. The van der Waals surface area contributed by atoms with Gasteiger partial charge in [-0.15, -0.1) is 0 Å². The third-order valence-electron chi connectivity index (χ3n) is 1.53. The lowest BCUT2D eigenvalue weighted by Gasteiger charge is -1.97. The number of benzene rings is 1.